The number of amides is 1. The zero-order chi connectivity index (χ0) is 25.0. The highest BCUT2D eigenvalue weighted by Gasteiger charge is 2.18. The number of carbonyl (C=O) groups is 1. The molecule has 190 valence electrons. The van der Waals surface area contributed by atoms with Gasteiger partial charge in [-0.2, -0.15) is 0 Å². The summed E-state index contributed by atoms with van der Waals surface area (Å²) in [7, 11) is 0. The van der Waals surface area contributed by atoms with Gasteiger partial charge in [-0.25, -0.2) is 4.98 Å². The van der Waals surface area contributed by atoms with Gasteiger partial charge in [0.1, 0.15) is 0 Å². The second-order valence-electron chi connectivity index (χ2n) is 8.90. The van der Waals surface area contributed by atoms with E-state index >= 15 is 0 Å². The van der Waals surface area contributed by atoms with Crippen LogP contribution in [-0.4, -0.2) is 64.4 Å². The number of nitrogens with one attached hydrogen (secondary N) is 3. The summed E-state index contributed by atoms with van der Waals surface area (Å²) in [5, 5.41) is 6.47. The van der Waals surface area contributed by atoms with Gasteiger partial charge < -0.3 is 20.5 Å². The largest absolute Gasteiger partial charge is 0.356 e. The number of H-pyrrole nitrogens is 1. The van der Waals surface area contributed by atoms with Gasteiger partial charge in [-0.1, -0.05) is 34.1 Å². The Labute approximate surface area is 221 Å². The van der Waals surface area contributed by atoms with Crippen molar-refractivity contribution in [1.29, 1.82) is 0 Å². The smallest absolute Gasteiger partial charge is 0.222 e. The van der Waals surface area contributed by atoms with E-state index in [4.69, 9.17) is 0 Å². The Kier molecular flexibility index (Phi) is 9.90. The fourth-order valence-corrected chi connectivity index (χ4v) is 4.67. The number of aromatic amines is 1. The lowest BCUT2D eigenvalue weighted by atomic mass is 9.90. The molecule has 2 aromatic heterocycles. The van der Waals surface area contributed by atoms with Gasteiger partial charge in [0.05, 0.1) is 12.9 Å². The summed E-state index contributed by atoms with van der Waals surface area (Å²) in [6.07, 6.45) is 9.22. The second-order valence-corrected chi connectivity index (χ2v) is 9.81. The van der Waals surface area contributed by atoms with E-state index in [-0.39, 0.29) is 11.8 Å². The SMILES string of the molecule is O=C(CCCNC1=NCCN1)N(CCCC(c1ccc(Br)cc1)c1ccccn1)CCc1cnc[nH]1. The summed E-state index contributed by atoms with van der Waals surface area (Å²) in [5.74, 6) is 1.22. The molecule has 1 aromatic carbocycles. The molecule has 0 radical (unpaired) electrons. The predicted octanol–water partition coefficient (Wildman–Crippen LogP) is 3.88. The Morgan fingerprint density at radius 3 is 2.75 bits per heavy atom. The fraction of sp³-hybridized carbons (Fsp3) is 0.407. The van der Waals surface area contributed by atoms with Gasteiger partial charge in [-0.3, -0.25) is 14.8 Å². The van der Waals surface area contributed by atoms with Crippen LogP contribution < -0.4 is 10.6 Å². The molecule has 8 nitrogen and oxygen atoms in total. The lowest BCUT2D eigenvalue weighted by Gasteiger charge is -2.24. The molecule has 1 amide bonds. The molecule has 1 atom stereocenters. The predicted molar refractivity (Wildman–Crippen MR) is 146 cm³/mol. The highest BCUT2D eigenvalue weighted by Crippen LogP contribution is 2.29. The van der Waals surface area contributed by atoms with Crippen LogP contribution in [0.15, 0.2) is 70.7 Å². The summed E-state index contributed by atoms with van der Waals surface area (Å²) >= 11 is 3.54. The average Bonchev–Trinajstić information content (AvgIpc) is 3.62. The van der Waals surface area contributed by atoms with E-state index in [1.165, 1.54) is 5.56 Å². The summed E-state index contributed by atoms with van der Waals surface area (Å²) in [6, 6.07) is 14.5. The Bertz CT molecular complexity index is 1090. The van der Waals surface area contributed by atoms with Crippen LogP contribution in [0.25, 0.3) is 0 Å². The van der Waals surface area contributed by atoms with Crippen LogP contribution >= 0.6 is 15.9 Å². The lowest BCUT2D eigenvalue weighted by molar-refractivity contribution is -0.131. The number of aliphatic imine (C=N–C) groups is 1. The Hall–Kier alpha value is -3.20. The molecule has 0 saturated heterocycles. The van der Waals surface area contributed by atoms with Gasteiger partial charge in [-0.15, -0.1) is 0 Å². The van der Waals surface area contributed by atoms with E-state index in [2.05, 4.69) is 76.8 Å². The minimum Gasteiger partial charge on any atom is -0.356 e. The molecule has 1 unspecified atom stereocenters. The molecule has 3 N–H and O–H groups in total. The number of aromatic nitrogens is 3. The standard InChI is InChI=1S/C27H34BrN7O/c28-22-10-8-21(9-11-22)24(25-6-1-2-13-30-25)5-4-17-35(18-12-23-19-29-20-34-23)26(36)7-3-14-31-27-32-15-16-33-27/h1-2,6,8-11,13,19-20,24H,3-5,7,12,14-18H2,(H,29,34)(H2,31,32,33). The first-order valence-corrected chi connectivity index (χ1v) is 13.4. The number of pyridine rings is 1. The lowest BCUT2D eigenvalue weighted by Crippen LogP contribution is -2.36. The molecule has 0 saturated carbocycles. The molecule has 3 heterocycles. The molecule has 0 aliphatic carbocycles. The van der Waals surface area contributed by atoms with Crippen LogP contribution in [0.2, 0.25) is 0 Å². The number of imidazole rings is 1. The van der Waals surface area contributed by atoms with Crippen molar-refractivity contribution in [3.05, 3.63) is 82.6 Å². The number of hydrogen-bond donors (Lipinski definition) is 3. The number of hydrogen-bond acceptors (Lipinski definition) is 6. The first-order valence-electron chi connectivity index (χ1n) is 12.6. The van der Waals surface area contributed by atoms with Gasteiger partial charge in [0, 0.05) is 73.2 Å². The molecule has 4 rings (SSSR count). The van der Waals surface area contributed by atoms with Crippen LogP contribution in [0.1, 0.15) is 48.6 Å². The van der Waals surface area contributed by atoms with E-state index in [1.54, 1.807) is 6.33 Å². The summed E-state index contributed by atoms with van der Waals surface area (Å²) in [4.78, 5) is 31.4. The molecule has 0 bridgehead atoms. The van der Waals surface area contributed by atoms with Crippen LogP contribution in [0.3, 0.4) is 0 Å². The van der Waals surface area contributed by atoms with E-state index < -0.39 is 0 Å². The monoisotopic (exact) mass is 551 g/mol. The summed E-state index contributed by atoms with van der Waals surface area (Å²) in [6.45, 7) is 3.81. The summed E-state index contributed by atoms with van der Waals surface area (Å²) < 4.78 is 1.06. The van der Waals surface area contributed by atoms with Crippen molar-refractivity contribution in [2.24, 2.45) is 4.99 Å². The number of guanidine groups is 1. The van der Waals surface area contributed by atoms with Gasteiger partial charge >= 0.3 is 0 Å². The third-order valence-corrected chi connectivity index (χ3v) is 6.86. The van der Waals surface area contributed by atoms with Crippen molar-refractivity contribution < 1.29 is 4.79 Å². The minimum atomic E-state index is 0.188. The maximum Gasteiger partial charge on any atom is 0.222 e. The van der Waals surface area contributed by atoms with Gasteiger partial charge in [0.25, 0.3) is 0 Å². The normalized spacial score (nSPS) is 13.6. The Balaban J connectivity index is 1.34. The van der Waals surface area contributed by atoms with Crippen molar-refractivity contribution in [3.63, 3.8) is 0 Å². The van der Waals surface area contributed by atoms with Gasteiger partial charge in [-0.05, 0) is 49.1 Å². The van der Waals surface area contributed by atoms with E-state index in [1.807, 2.05) is 29.4 Å². The van der Waals surface area contributed by atoms with Crippen molar-refractivity contribution in [2.75, 3.05) is 32.7 Å². The molecule has 36 heavy (non-hydrogen) atoms. The zero-order valence-electron chi connectivity index (χ0n) is 20.5. The number of benzene rings is 1. The second kappa shape index (κ2) is 13.8. The highest BCUT2D eigenvalue weighted by molar-refractivity contribution is 9.10. The first kappa shape index (κ1) is 25.9. The fourth-order valence-electron chi connectivity index (χ4n) is 4.41. The minimum absolute atomic E-state index is 0.188. The molecule has 3 aromatic rings. The van der Waals surface area contributed by atoms with Crippen molar-refractivity contribution in [3.8, 4) is 0 Å². The molecule has 9 heteroatoms. The maximum absolute atomic E-state index is 13.2. The van der Waals surface area contributed by atoms with Crippen molar-refractivity contribution >= 4 is 27.8 Å². The molecular weight excluding hydrogens is 518 g/mol. The highest BCUT2D eigenvalue weighted by atomic mass is 79.9. The third kappa shape index (κ3) is 7.91. The number of nitrogens with zero attached hydrogens (tertiary/aromatic N) is 4. The van der Waals surface area contributed by atoms with E-state index in [0.717, 1.165) is 67.1 Å². The molecule has 1 aliphatic rings. The van der Waals surface area contributed by atoms with Crippen LogP contribution in [0, 0.1) is 0 Å². The number of halogens is 1. The summed E-state index contributed by atoms with van der Waals surface area (Å²) in [5.41, 5.74) is 3.34. The van der Waals surface area contributed by atoms with Crippen LogP contribution in [0.4, 0.5) is 0 Å². The molecule has 0 spiro atoms. The van der Waals surface area contributed by atoms with E-state index in [0.29, 0.717) is 19.5 Å². The van der Waals surface area contributed by atoms with Crippen molar-refractivity contribution in [2.45, 2.75) is 38.0 Å². The first-order chi connectivity index (χ1) is 17.7. The molecular formula is C27H34BrN7O. The van der Waals surface area contributed by atoms with Gasteiger partial charge in [0.15, 0.2) is 5.96 Å². The zero-order valence-corrected chi connectivity index (χ0v) is 22.1. The molecule has 1 aliphatic heterocycles. The van der Waals surface area contributed by atoms with Crippen molar-refractivity contribution in [1.82, 2.24) is 30.5 Å². The number of rotatable bonds is 13. The van der Waals surface area contributed by atoms with Gasteiger partial charge in [0.2, 0.25) is 5.91 Å². The van der Waals surface area contributed by atoms with Crippen LogP contribution in [-0.2, 0) is 11.2 Å². The third-order valence-electron chi connectivity index (χ3n) is 6.33. The quantitative estimate of drug-likeness (QED) is 0.280. The Morgan fingerprint density at radius 1 is 1.14 bits per heavy atom. The number of carbonyl (C=O) groups excluding carboxylic acids is 1. The average molecular weight is 553 g/mol. The maximum atomic E-state index is 13.2. The van der Waals surface area contributed by atoms with Crippen LogP contribution in [0.5, 0.6) is 0 Å². The molecule has 0 fully saturated rings. The topological polar surface area (TPSA) is 98.3 Å². The van der Waals surface area contributed by atoms with E-state index in [9.17, 15) is 4.79 Å². The Morgan fingerprint density at radius 2 is 2.03 bits per heavy atom.